The van der Waals surface area contributed by atoms with Crippen molar-refractivity contribution < 1.29 is 17.9 Å². The van der Waals surface area contributed by atoms with Gasteiger partial charge in [0.25, 0.3) is 5.91 Å². The summed E-state index contributed by atoms with van der Waals surface area (Å²) in [6, 6.07) is 12.6. The number of hydrogen-bond acceptors (Lipinski definition) is 4. The van der Waals surface area contributed by atoms with E-state index in [4.69, 9.17) is 4.74 Å². The van der Waals surface area contributed by atoms with Crippen LogP contribution in [0.1, 0.15) is 56.2 Å². The third kappa shape index (κ3) is 5.66. The van der Waals surface area contributed by atoms with E-state index in [1.165, 1.54) is 9.87 Å². The molecule has 0 bridgehead atoms. The zero-order chi connectivity index (χ0) is 22.6. The van der Waals surface area contributed by atoms with Crippen molar-refractivity contribution in [1.29, 1.82) is 0 Å². The summed E-state index contributed by atoms with van der Waals surface area (Å²) in [4.78, 5) is 12.7. The number of nitrogens with one attached hydrogen (secondary N) is 1. The maximum absolute atomic E-state index is 12.6. The second-order valence-corrected chi connectivity index (χ2v) is 10.3. The fraction of sp³-hybridized carbons (Fsp3) is 0.458. The predicted molar refractivity (Wildman–Crippen MR) is 122 cm³/mol. The minimum absolute atomic E-state index is 0.223. The molecule has 0 aromatic heterocycles. The van der Waals surface area contributed by atoms with E-state index in [1.54, 1.807) is 31.2 Å². The highest BCUT2D eigenvalue weighted by atomic mass is 32.2. The Morgan fingerprint density at radius 3 is 2.29 bits per heavy atom. The second kappa shape index (κ2) is 9.83. The smallest absolute Gasteiger partial charge is 0.261 e. The second-order valence-electron chi connectivity index (χ2n) is 8.41. The number of sulfonamides is 1. The van der Waals surface area contributed by atoms with E-state index in [-0.39, 0.29) is 5.91 Å². The maximum Gasteiger partial charge on any atom is 0.261 e. The van der Waals surface area contributed by atoms with Gasteiger partial charge >= 0.3 is 0 Å². The average molecular weight is 445 g/mol. The summed E-state index contributed by atoms with van der Waals surface area (Å²) < 4.78 is 32.5. The molecule has 31 heavy (non-hydrogen) atoms. The molecule has 0 aliphatic carbocycles. The molecule has 168 valence electrons. The van der Waals surface area contributed by atoms with Crippen LogP contribution in [-0.2, 0) is 21.4 Å². The molecule has 2 aromatic carbocycles. The van der Waals surface area contributed by atoms with Gasteiger partial charge in [0.2, 0.25) is 10.0 Å². The van der Waals surface area contributed by atoms with Crippen LogP contribution in [0, 0.1) is 6.92 Å². The van der Waals surface area contributed by atoms with Crippen LogP contribution in [0.3, 0.4) is 0 Å². The molecule has 1 aliphatic heterocycles. The molecule has 1 unspecified atom stereocenters. The van der Waals surface area contributed by atoms with Gasteiger partial charge in [-0.25, -0.2) is 8.42 Å². The van der Waals surface area contributed by atoms with Crippen LogP contribution < -0.4 is 10.1 Å². The van der Waals surface area contributed by atoms with E-state index >= 15 is 0 Å². The first kappa shape index (κ1) is 23.3. The van der Waals surface area contributed by atoms with Gasteiger partial charge in [0.15, 0.2) is 6.10 Å². The fourth-order valence-electron chi connectivity index (χ4n) is 3.82. The highest BCUT2D eigenvalue weighted by Gasteiger charge is 2.26. The minimum atomic E-state index is -3.42. The minimum Gasteiger partial charge on any atom is -0.481 e. The van der Waals surface area contributed by atoms with Crippen molar-refractivity contribution in [2.45, 2.75) is 64.0 Å². The molecule has 1 aliphatic rings. The molecule has 1 heterocycles. The largest absolute Gasteiger partial charge is 0.481 e. The van der Waals surface area contributed by atoms with Crippen molar-refractivity contribution in [3.63, 3.8) is 0 Å². The Labute approximate surface area is 185 Å². The molecular formula is C24H32N2O4S. The highest BCUT2D eigenvalue weighted by Crippen LogP contribution is 2.24. The van der Waals surface area contributed by atoms with Crippen molar-refractivity contribution in [2.75, 3.05) is 13.1 Å². The lowest BCUT2D eigenvalue weighted by Crippen LogP contribution is -2.35. The predicted octanol–water partition coefficient (Wildman–Crippen LogP) is 3.99. The van der Waals surface area contributed by atoms with Gasteiger partial charge < -0.3 is 10.1 Å². The first-order chi connectivity index (χ1) is 14.7. The molecule has 1 saturated heterocycles. The van der Waals surface area contributed by atoms with Crippen LogP contribution in [0.2, 0.25) is 0 Å². The third-order valence-corrected chi connectivity index (χ3v) is 7.55. The van der Waals surface area contributed by atoms with Crippen molar-refractivity contribution in [3.8, 4) is 5.75 Å². The Morgan fingerprint density at radius 1 is 1.06 bits per heavy atom. The quantitative estimate of drug-likeness (QED) is 0.668. The third-order valence-electron chi connectivity index (χ3n) is 5.64. The maximum atomic E-state index is 12.6. The zero-order valence-electron chi connectivity index (χ0n) is 18.7. The summed E-state index contributed by atoms with van der Waals surface area (Å²) in [5.74, 6) is 0.881. The van der Waals surface area contributed by atoms with E-state index in [0.717, 1.165) is 24.0 Å². The lowest BCUT2D eigenvalue weighted by molar-refractivity contribution is -0.127. The van der Waals surface area contributed by atoms with Crippen LogP contribution >= 0.6 is 0 Å². The van der Waals surface area contributed by atoms with Crippen LogP contribution in [0.5, 0.6) is 5.75 Å². The molecule has 6 nitrogen and oxygen atoms in total. The van der Waals surface area contributed by atoms with Crippen LogP contribution in [0.15, 0.2) is 47.4 Å². The van der Waals surface area contributed by atoms with E-state index in [1.807, 2.05) is 25.1 Å². The Bertz CT molecular complexity index is 1010. The Balaban J connectivity index is 1.54. The van der Waals surface area contributed by atoms with E-state index in [2.05, 4.69) is 19.2 Å². The number of carbonyl (C=O) groups is 1. The summed E-state index contributed by atoms with van der Waals surface area (Å²) in [5.41, 5.74) is 3.24. The zero-order valence-corrected chi connectivity index (χ0v) is 19.5. The van der Waals surface area contributed by atoms with Gasteiger partial charge in [-0.3, -0.25) is 4.79 Å². The Morgan fingerprint density at radius 2 is 1.71 bits per heavy atom. The fourth-order valence-corrected chi connectivity index (χ4v) is 5.33. The SMILES string of the molecule is Cc1cc(OC(C)C(=O)NCc2ccc(S(=O)(=O)N3CCCC3)cc2)ccc1C(C)C. The van der Waals surface area contributed by atoms with Gasteiger partial charge in [-0.05, 0) is 73.6 Å². The van der Waals surface area contributed by atoms with Crippen molar-refractivity contribution >= 4 is 15.9 Å². The number of nitrogens with zero attached hydrogens (tertiary/aromatic N) is 1. The van der Waals surface area contributed by atoms with Crippen molar-refractivity contribution in [1.82, 2.24) is 9.62 Å². The number of benzene rings is 2. The van der Waals surface area contributed by atoms with Crippen molar-refractivity contribution in [3.05, 3.63) is 59.2 Å². The van der Waals surface area contributed by atoms with Gasteiger partial charge in [-0.2, -0.15) is 4.31 Å². The van der Waals surface area contributed by atoms with E-state index in [9.17, 15) is 13.2 Å². The molecule has 7 heteroatoms. The number of ether oxygens (including phenoxy) is 1. The Kier molecular flexibility index (Phi) is 7.38. The number of carbonyl (C=O) groups excluding carboxylic acids is 1. The molecule has 1 N–H and O–H groups in total. The molecular weight excluding hydrogens is 412 g/mol. The summed E-state index contributed by atoms with van der Waals surface area (Å²) >= 11 is 0. The van der Waals surface area contributed by atoms with E-state index < -0.39 is 16.1 Å². The molecule has 0 saturated carbocycles. The number of aryl methyl sites for hydroxylation is 1. The molecule has 0 spiro atoms. The highest BCUT2D eigenvalue weighted by molar-refractivity contribution is 7.89. The first-order valence-electron chi connectivity index (χ1n) is 10.8. The summed E-state index contributed by atoms with van der Waals surface area (Å²) in [7, 11) is -3.42. The summed E-state index contributed by atoms with van der Waals surface area (Å²) in [6.45, 7) is 9.52. The molecule has 3 rings (SSSR count). The van der Waals surface area contributed by atoms with Crippen LogP contribution in [-0.4, -0.2) is 37.8 Å². The number of rotatable bonds is 8. The van der Waals surface area contributed by atoms with Crippen LogP contribution in [0.4, 0.5) is 0 Å². The first-order valence-corrected chi connectivity index (χ1v) is 12.3. The average Bonchev–Trinajstić information content (AvgIpc) is 3.28. The molecule has 1 atom stereocenters. The molecule has 0 radical (unpaired) electrons. The van der Waals surface area contributed by atoms with Gasteiger partial charge in [-0.1, -0.05) is 32.0 Å². The van der Waals surface area contributed by atoms with Gasteiger partial charge in [0, 0.05) is 19.6 Å². The number of hydrogen-bond donors (Lipinski definition) is 1. The topological polar surface area (TPSA) is 75.7 Å². The lowest BCUT2D eigenvalue weighted by atomic mass is 9.98. The van der Waals surface area contributed by atoms with E-state index in [0.29, 0.717) is 36.2 Å². The summed E-state index contributed by atoms with van der Waals surface area (Å²) in [5, 5.41) is 2.85. The van der Waals surface area contributed by atoms with Crippen molar-refractivity contribution in [2.24, 2.45) is 0 Å². The molecule has 2 aromatic rings. The van der Waals surface area contributed by atoms with Gasteiger partial charge in [-0.15, -0.1) is 0 Å². The molecule has 1 amide bonds. The normalized spacial score (nSPS) is 15.8. The Hall–Kier alpha value is -2.38. The van der Waals surface area contributed by atoms with Gasteiger partial charge in [0.05, 0.1) is 4.90 Å². The number of amides is 1. The standard InChI is InChI=1S/C24H32N2O4S/c1-17(2)23-12-9-21(15-18(23)3)30-19(4)24(27)25-16-20-7-10-22(11-8-20)31(28,29)26-13-5-6-14-26/h7-12,15,17,19H,5-6,13-14,16H2,1-4H3,(H,25,27). The van der Waals surface area contributed by atoms with Crippen LogP contribution in [0.25, 0.3) is 0 Å². The van der Waals surface area contributed by atoms with Gasteiger partial charge in [0.1, 0.15) is 5.75 Å². The molecule has 1 fully saturated rings. The summed E-state index contributed by atoms with van der Waals surface area (Å²) in [6.07, 6.45) is 1.18. The lowest BCUT2D eigenvalue weighted by Gasteiger charge is -2.17. The monoisotopic (exact) mass is 444 g/mol.